The Labute approximate surface area is 195 Å². The normalized spacial score (nSPS) is 10.7. The van der Waals surface area contributed by atoms with Crippen molar-refractivity contribution >= 4 is 22.6 Å². The van der Waals surface area contributed by atoms with Gasteiger partial charge in [-0.15, -0.1) is 0 Å². The van der Waals surface area contributed by atoms with E-state index in [0.29, 0.717) is 51.3 Å². The summed E-state index contributed by atoms with van der Waals surface area (Å²) in [4.78, 5) is 25.4. The van der Waals surface area contributed by atoms with E-state index in [-0.39, 0.29) is 12.3 Å². The predicted octanol–water partition coefficient (Wildman–Crippen LogP) is 3.36. The number of carbonyl (C=O) groups excluding carboxylic acids is 1. The van der Waals surface area contributed by atoms with Crippen LogP contribution in [0.4, 0.5) is 5.82 Å². The summed E-state index contributed by atoms with van der Waals surface area (Å²) in [5, 5.41) is 10.3. The highest BCUT2D eigenvalue weighted by molar-refractivity contribution is 5.92. The molecule has 0 aliphatic rings. The van der Waals surface area contributed by atoms with Crippen LogP contribution in [-0.2, 0) is 11.2 Å². The number of amides is 1. The molecule has 0 aliphatic heterocycles. The van der Waals surface area contributed by atoms with Crippen LogP contribution in [0.5, 0.6) is 28.9 Å². The Hall–Kier alpha value is -4.41. The van der Waals surface area contributed by atoms with Gasteiger partial charge in [0.15, 0.2) is 23.1 Å². The number of H-pyrrole nitrogens is 1. The number of aryl methyl sites for hydroxylation is 1. The largest absolute Gasteiger partial charge is 0.495 e. The SMILES string of the molecule is COc1cc2ncnc(Oc3cnc(CC(=O)Nc4n[nH]c(C)c4C)c(OC)c3)c2cc1OC. The van der Waals surface area contributed by atoms with Crippen molar-refractivity contribution in [3.05, 3.63) is 47.7 Å². The van der Waals surface area contributed by atoms with Gasteiger partial charge >= 0.3 is 0 Å². The summed E-state index contributed by atoms with van der Waals surface area (Å²) in [6, 6.07) is 5.13. The third-order valence-corrected chi connectivity index (χ3v) is 5.28. The molecule has 4 aromatic rings. The molecule has 0 saturated heterocycles. The molecule has 11 nitrogen and oxygen atoms in total. The van der Waals surface area contributed by atoms with Crippen LogP contribution in [0.1, 0.15) is 17.0 Å². The van der Waals surface area contributed by atoms with Gasteiger partial charge in [-0.05, 0) is 19.9 Å². The first kappa shape index (κ1) is 22.8. The molecule has 1 aromatic carbocycles. The molecule has 0 saturated carbocycles. The molecular formula is C23H24N6O5. The van der Waals surface area contributed by atoms with Crippen LogP contribution in [-0.4, -0.2) is 52.4 Å². The van der Waals surface area contributed by atoms with Crippen molar-refractivity contribution in [2.24, 2.45) is 0 Å². The van der Waals surface area contributed by atoms with Gasteiger partial charge in [-0.3, -0.25) is 14.9 Å². The van der Waals surface area contributed by atoms with Crippen molar-refractivity contribution < 1.29 is 23.7 Å². The lowest BCUT2D eigenvalue weighted by atomic mass is 10.2. The average molecular weight is 464 g/mol. The molecule has 176 valence electrons. The number of methoxy groups -OCH3 is 3. The first-order valence-corrected chi connectivity index (χ1v) is 10.3. The first-order valence-electron chi connectivity index (χ1n) is 10.3. The molecule has 3 aromatic heterocycles. The topological polar surface area (TPSA) is 133 Å². The number of anilines is 1. The highest BCUT2D eigenvalue weighted by atomic mass is 16.5. The van der Waals surface area contributed by atoms with E-state index in [4.69, 9.17) is 18.9 Å². The maximum atomic E-state index is 12.5. The molecule has 11 heteroatoms. The minimum Gasteiger partial charge on any atom is -0.495 e. The number of nitrogens with zero attached hydrogens (tertiary/aromatic N) is 4. The Kier molecular flexibility index (Phi) is 6.44. The summed E-state index contributed by atoms with van der Waals surface area (Å²) >= 11 is 0. The zero-order valence-electron chi connectivity index (χ0n) is 19.4. The quantitative estimate of drug-likeness (QED) is 0.402. The summed E-state index contributed by atoms with van der Waals surface area (Å²) in [6.07, 6.45) is 2.90. The zero-order valence-corrected chi connectivity index (χ0v) is 19.4. The number of aromatic amines is 1. The number of aromatic nitrogens is 5. The molecule has 0 atom stereocenters. The van der Waals surface area contributed by atoms with Gasteiger partial charge in [-0.2, -0.15) is 5.10 Å². The van der Waals surface area contributed by atoms with Gasteiger partial charge < -0.3 is 24.3 Å². The molecule has 34 heavy (non-hydrogen) atoms. The van der Waals surface area contributed by atoms with Crippen molar-refractivity contribution in [1.29, 1.82) is 0 Å². The second kappa shape index (κ2) is 9.61. The van der Waals surface area contributed by atoms with Crippen LogP contribution < -0.4 is 24.3 Å². The molecule has 0 aliphatic carbocycles. The number of rotatable bonds is 8. The van der Waals surface area contributed by atoms with Gasteiger partial charge in [0.1, 0.15) is 12.1 Å². The third-order valence-electron chi connectivity index (χ3n) is 5.28. The lowest BCUT2D eigenvalue weighted by molar-refractivity contribution is -0.115. The van der Waals surface area contributed by atoms with E-state index in [9.17, 15) is 4.79 Å². The molecule has 3 heterocycles. The average Bonchev–Trinajstić information content (AvgIpc) is 3.16. The lowest BCUT2D eigenvalue weighted by Gasteiger charge is -2.13. The van der Waals surface area contributed by atoms with E-state index < -0.39 is 0 Å². The van der Waals surface area contributed by atoms with Crippen LogP contribution >= 0.6 is 0 Å². The van der Waals surface area contributed by atoms with Gasteiger partial charge in [0.05, 0.1) is 50.5 Å². The second-order valence-electron chi connectivity index (χ2n) is 7.37. The number of hydrogen-bond acceptors (Lipinski definition) is 9. The summed E-state index contributed by atoms with van der Waals surface area (Å²) < 4.78 is 22.1. The Morgan fingerprint density at radius 1 is 0.971 bits per heavy atom. The highest BCUT2D eigenvalue weighted by Gasteiger charge is 2.17. The Bertz CT molecular complexity index is 1350. The molecule has 1 amide bonds. The van der Waals surface area contributed by atoms with Gasteiger partial charge in [0, 0.05) is 23.4 Å². The number of pyridine rings is 1. The van der Waals surface area contributed by atoms with Crippen LogP contribution in [0.2, 0.25) is 0 Å². The van der Waals surface area contributed by atoms with E-state index in [1.165, 1.54) is 19.6 Å². The molecular weight excluding hydrogens is 440 g/mol. The smallest absolute Gasteiger partial charge is 0.231 e. The molecule has 0 bridgehead atoms. The number of benzene rings is 1. The minimum absolute atomic E-state index is 0.00221. The first-order chi connectivity index (χ1) is 16.4. The van der Waals surface area contributed by atoms with Gasteiger partial charge in [0.25, 0.3) is 0 Å². The molecule has 0 radical (unpaired) electrons. The fraction of sp³-hybridized carbons (Fsp3) is 0.261. The highest BCUT2D eigenvalue weighted by Crippen LogP contribution is 2.36. The molecule has 4 rings (SSSR count). The van der Waals surface area contributed by atoms with Gasteiger partial charge in [-0.1, -0.05) is 0 Å². The Balaban J connectivity index is 1.56. The number of fused-ring (bicyclic) bond motifs is 1. The maximum absolute atomic E-state index is 12.5. The molecule has 0 unspecified atom stereocenters. The molecule has 0 spiro atoms. The number of carbonyl (C=O) groups is 1. The third kappa shape index (κ3) is 4.53. The second-order valence-corrected chi connectivity index (χ2v) is 7.37. The number of hydrogen-bond donors (Lipinski definition) is 2. The molecule has 0 fully saturated rings. The van der Waals surface area contributed by atoms with Crippen molar-refractivity contribution in [3.8, 4) is 28.9 Å². The van der Waals surface area contributed by atoms with Crippen LogP contribution in [0.15, 0.2) is 30.7 Å². The number of nitrogens with one attached hydrogen (secondary N) is 2. The Morgan fingerprint density at radius 2 is 1.71 bits per heavy atom. The summed E-state index contributed by atoms with van der Waals surface area (Å²) in [5.41, 5.74) is 2.85. The predicted molar refractivity (Wildman–Crippen MR) is 124 cm³/mol. The van der Waals surface area contributed by atoms with E-state index in [2.05, 4.69) is 30.5 Å². The van der Waals surface area contributed by atoms with E-state index in [1.54, 1.807) is 32.4 Å². The standard InChI is InChI=1S/C23H24N6O5/c1-12-13(2)28-29-22(12)27-21(30)9-17-18(31-3)6-14(10-24-17)34-23-15-7-19(32-4)20(33-5)8-16(15)25-11-26-23/h6-8,10-11H,9H2,1-5H3,(H2,27,28,29,30). The van der Waals surface area contributed by atoms with Crippen LogP contribution in [0, 0.1) is 13.8 Å². The van der Waals surface area contributed by atoms with Crippen molar-refractivity contribution in [2.45, 2.75) is 20.3 Å². The van der Waals surface area contributed by atoms with Crippen molar-refractivity contribution in [1.82, 2.24) is 25.1 Å². The van der Waals surface area contributed by atoms with Crippen molar-refractivity contribution in [2.75, 3.05) is 26.6 Å². The number of ether oxygens (including phenoxy) is 4. The maximum Gasteiger partial charge on any atom is 0.231 e. The summed E-state index contributed by atoms with van der Waals surface area (Å²) in [7, 11) is 4.60. The Morgan fingerprint density at radius 3 is 2.38 bits per heavy atom. The minimum atomic E-state index is -0.267. The monoisotopic (exact) mass is 464 g/mol. The fourth-order valence-corrected chi connectivity index (χ4v) is 3.31. The summed E-state index contributed by atoms with van der Waals surface area (Å²) in [5.74, 6) is 2.39. The van der Waals surface area contributed by atoms with E-state index >= 15 is 0 Å². The van der Waals surface area contributed by atoms with Crippen LogP contribution in [0.3, 0.4) is 0 Å². The fourth-order valence-electron chi connectivity index (χ4n) is 3.31. The van der Waals surface area contributed by atoms with Gasteiger partial charge in [-0.25, -0.2) is 9.97 Å². The zero-order chi connectivity index (χ0) is 24.2. The van der Waals surface area contributed by atoms with Crippen LogP contribution in [0.25, 0.3) is 10.9 Å². The molecule has 2 N–H and O–H groups in total. The van der Waals surface area contributed by atoms with E-state index in [1.807, 2.05) is 13.8 Å². The van der Waals surface area contributed by atoms with E-state index in [0.717, 1.165) is 11.3 Å². The lowest BCUT2D eigenvalue weighted by Crippen LogP contribution is -2.16. The van der Waals surface area contributed by atoms with Crippen molar-refractivity contribution in [3.63, 3.8) is 0 Å². The van der Waals surface area contributed by atoms with Gasteiger partial charge in [0.2, 0.25) is 11.8 Å². The summed E-state index contributed by atoms with van der Waals surface area (Å²) in [6.45, 7) is 3.76.